The van der Waals surface area contributed by atoms with Gasteiger partial charge in [0.1, 0.15) is 12.7 Å². The van der Waals surface area contributed by atoms with Crippen molar-refractivity contribution >= 4 is 22.6 Å². The minimum atomic E-state index is -0.103. The van der Waals surface area contributed by atoms with Crippen molar-refractivity contribution in [1.29, 1.82) is 0 Å². The van der Waals surface area contributed by atoms with E-state index in [1.54, 1.807) is 28.8 Å². The molecule has 1 N–H and O–H groups in total. The summed E-state index contributed by atoms with van der Waals surface area (Å²) in [4.78, 5) is 21.6. The molecule has 0 amide bonds. The van der Waals surface area contributed by atoms with E-state index in [1.807, 2.05) is 49.4 Å². The summed E-state index contributed by atoms with van der Waals surface area (Å²) < 4.78 is 8.42. The van der Waals surface area contributed by atoms with E-state index < -0.39 is 0 Å². The number of nitrogens with zero attached hydrogens (tertiary/aromatic N) is 6. The second kappa shape index (κ2) is 9.31. The highest BCUT2D eigenvalue weighted by molar-refractivity contribution is 5.99. The molecule has 0 aliphatic heterocycles. The standard InChI is InChI=1S/C22H23N7O2/c1-16(17-8-10-18(11-9-17)29-15-23-14-24-29)26-27-22-25-20-7-4-3-6-19(20)21(30)28(22)12-5-13-31-2/h3-4,6-11,14-15H,5,12-13H2,1-2H3,(H,25,27)/b26-16-. The van der Waals surface area contributed by atoms with Crippen molar-refractivity contribution in [3.05, 3.63) is 77.1 Å². The monoisotopic (exact) mass is 417 g/mol. The minimum Gasteiger partial charge on any atom is -0.385 e. The van der Waals surface area contributed by atoms with E-state index in [0.717, 1.165) is 17.0 Å². The molecule has 0 radical (unpaired) electrons. The van der Waals surface area contributed by atoms with Gasteiger partial charge in [-0.2, -0.15) is 10.2 Å². The molecule has 9 nitrogen and oxygen atoms in total. The topological polar surface area (TPSA) is 99.2 Å². The second-order valence-corrected chi connectivity index (χ2v) is 6.95. The highest BCUT2D eigenvalue weighted by Crippen LogP contribution is 2.13. The summed E-state index contributed by atoms with van der Waals surface area (Å²) in [7, 11) is 1.64. The van der Waals surface area contributed by atoms with Gasteiger partial charge in [0.05, 0.1) is 22.3 Å². The Labute approximate surface area is 179 Å². The molecule has 0 bridgehead atoms. The van der Waals surface area contributed by atoms with Gasteiger partial charge in [0.25, 0.3) is 5.56 Å². The third-order valence-electron chi connectivity index (χ3n) is 4.88. The zero-order chi connectivity index (χ0) is 21.6. The molecule has 2 heterocycles. The van der Waals surface area contributed by atoms with Crippen molar-refractivity contribution in [1.82, 2.24) is 24.3 Å². The number of anilines is 1. The van der Waals surface area contributed by atoms with Crippen LogP contribution in [0.4, 0.5) is 5.95 Å². The first-order chi connectivity index (χ1) is 15.2. The fraction of sp³-hybridized carbons (Fsp3) is 0.227. The number of benzene rings is 2. The highest BCUT2D eigenvalue weighted by atomic mass is 16.5. The summed E-state index contributed by atoms with van der Waals surface area (Å²) in [6, 6.07) is 15.1. The van der Waals surface area contributed by atoms with Crippen LogP contribution in [0.1, 0.15) is 18.9 Å². The zero-order valence-corrected chi connectivity index (χ0v) is 17.4. The lowest BCUT2D eigenvalue weighted by Crippen LogP contribution is -2.25. The van der Waals surface area contributed by atoms with Crippen LogP contribution < -0.4 is 11.0 Å². The van der Waals surface area contributed by atoms with Gasteiger partial charge in [-0.05, 0) is 43.2 Å². The lowest BCUT2D eigenvalue weighted by Gasteiger charge is -2.13. The molecule has 2 aromatic carbocycles. The number of hydrogen-bond donors (Lipinski definition) is 1. The van der Waals surface area contributed by atoms with Gasteiger partial charge < -0.3 is 4.74 Å². The summed E-state index contributed by atoms with van der Waals surface area (Å²) in [6.45, 7) is 2.93. The third-order valence-corrected chi connectivity index (χ3v) is 4.88. The van der Waals surface area contributed by atoms with Crippen molar-refractivity contribution in [2.75, 3.05) is 19.1 Å². The quantitative estimate of drug-likeness (QED) is 0.269. The molecule has 0 saturated carbocycles. The van der Waals surface area contributed by atoms with E-state index >= 15 is 0 Å². The predicted octanol–water partition coefficient (Wildman–Crippen LogP) is 2.85. The normalized spacial score (nSPS) is 11.7. The molecule has 0 saturated heterocycles. The zero-order valence-electron chi connectivity index (χ0n) is 17.4. The second-order valence-electron chi connectivity index (χ2n) is 6.95. The van der Waals surface area contributed by atoms with E-state index in [0.29, 0.717) is 36.4 Å². The molecular weight excluding hydrogens is 394 g/mol. The average Bonchev–Trinajstić information content (AvgIpc) is 3.34. The molecule has 4 rings (SSSR count). The molecule has 158 valence electrons. The maximum absolute atomic E-state index is 13.0. The third kappa shape index (κ3) is 4.51. The van der Waals surface area contributed by atoms with E-state index in [1.165, 1.54) is 6.33 Å². The number of rotatable bonds is 8. The van der Waals surface area contributed by atoms with Crippen molar-refractivity contribution in [2.45, 2.75) is 19.9 Å². The number of fused-ring (bicyclic) bond motifs is 1. The van der Waals surface area contributed by atoms with Crippen molar-refractivity contribution in [3.8, 4) is 5.69 Å². The van der Waals surface area contributed by atoms with E-state index in [2.05, 4.69) is 25.6 Å². The van der Waals surface area contributed by atoms with Gasteiger partial charge in [-0.25, -0.2) is 20.1 Å². The maximum atomic E-state index is 13.0. The van der Waals surface area contributed by atoms with Gasteiger partial charge in [-0.1, -0.05) is 24.3 Å². The molecule has 4 aromatic rings. The van der Waals surface area contributed by atoms with Crippen LogP contribution in [0.2, 0.25) is 0 Å². The van der Waals surface area contributed by atoms with Crippen LogP contribution in [0.5, 0.6) is 0 Å². The van der Waals surface area contributed by atoms with Gasteiger partial charge in [-0.3, -0.25) is 9.36 Å². The Balaban J connectivity index is 1.61. The first kappa shape index (κ1) is 20.4. The van der Waals surface area contributed by atoms with Crippen LogP contribution in [-0.4, -0.2) is 43.7 Å². The molecule has 0 unspecified atom stereocenters. The van der Waals surface area contributed by atoms with Gasteiger partial charge in [0.15, 0.2) is 0 Å². The first-order valence-corrected chi connectivity index (χ1v) is 9.91. The summed E-state index contributed by atoms with van der Waals surface area (Å²) in [5.74, 6) is 0.401. The largest absolute Gasteiger partial charge is 0.385 e. The fourth-order valence-corrected chi connectivity index (χ4v) is 3.22. The fourth-order valence-electron chi connectivity index (χ4n) is 3.22. The SMILES string of the molecule is COCCCn1c(N/N=C(/C)c2ccc(-n3cncn3)cc2)nc2ccccc2c1=O. The number of para-hydroxylation sites is 1. The molecule has 9 heteroatoms. The molecule has 31 heavy (non-hydrogen) atoms. The molecular formula is C22H23N7O2. The highest BCUT2D eigenvalue weighted by Gasteiger charge is 2.11. The molecule has 0 atom stereocenters. The Kier molecular flexibility index (Phi) is 6.13. The summed E-state index contributed by atoms with van der Waals surface area (Å²) in [6.07, 6.45) is 3.83. The van der Waals surface area contributed by atoms with Crippen molar-refractivity contribution in [3.63, 3.8) is 0 Å². The molecule has 0 fully saturated rings. The Morgan fingerprint density at radius 3 is 2.71 bits per heavy atom. The first-order valence-electron chi connectivity index (χ1n) is 9.91. The maximum Gasteiger partial charge on any atom is 0.262 e. The van der Waals surface area contributed by atoms with Crippen LogP contribution in [0.15, 0.2) is 71.1 Å². The van der Waals surface area contributed by atoms with E-state index in [-0.39, 0.29) is 5.56 Å². The summed E-state index contributed by atoms with van der Waals surface area (Å²) in [5.41, 5.74) is 6.11. The minimum absolute atomic E-state index is 0.103. The Bertz CT molecular complexity index is 1250. The summed E-state index contributed by atoms with van der Waals surface area (Å²) in [5, 5.41) is 9.17. The number of hydrogen-bond acceptors (Lipinski definition) is 7. The van der Waals surface area contributed by atoms with E-state index in [9.17, 15) is 4.79 Å². The number of ether oxygens (including phenoxy) is 1. The van der Waals surface area contributed by atoms with Crippen LogP contribution >= 0.6 is 0 Å². The van der Waals surface area contributed by atoms with Crippen LogP contribution in [0, 0.1) is 0 Å². The van der Waals surface area contributed by atoms with Gasteiger partial charge >= 0.3 is 0 Å². The van der Waals surface area contributed by atoms with Crippen LogP contribution in [-0.2, 0) is 11.3 Å². The van der Waals surface area contributed by atoms with Gasteiger partial charge in [-0.15, -0.1) is 0 Å². The number of methoxy groups -OCH3 is 1. The van der Waals surface area contributed by atoms with Gasteiger partial charge in [0.2, 0.25) is 5.95 Å². The molecule has 0 aliphatic rings. The lowest BCUT2D eigenvalue weighted by atomic mass is 10.1. The van der Waals surface area contributed by atoms with Crippen LogP contribution in [0.3, 0.4) is 0 Å². The Morgan fingerprint density at radius 2 is 1.97 bits per heavy atom. The Hall–Kier alpha value is -3.85. The molecule has 0 spiro atoms. The number of aromatic nitrogens is 5. The smallest absolute Gasteiger partial charge is 0.262 e. The van der Waals surface area contributed by atoms with E-state index in [4.69, 9.17) is 4.74 Å². The Morgan fingerprint density at radius 1 is 1.16 bits per heavy atom. The average molecular weight is 417 g/mol. The molecule has 2 aromatic heterocycles. The number of hydrazone groups is 1. The van der Waals surface area contributed by atoms with Crippen molar-refractivity contribution in [2.24, 2.45) is 5.10 Å². The summed E-state index contributed by atoms with van der Waals surface area (Å²) >= 11 is 0. The lowest BCUT2D eigenvalue weighted by molar-refractivity contribution is 0.190. The van der Waals surface area contributed by atoms with Crippen molar-refractivity contribution < 1.29 is 4.74 Å². The number of nitrogens with one attached hydrogen (secondary N) is 1. The van der Waals surface area contributed by atoms with Gasteiger partial charge in [0, 0.05) is 20.3 Å². The molecule has 0 aliphatic carbocycles. The van der Waals surface area contributed by atoms with Crippen LogP contribution in [0.25, 0.3) is 16.6 Å². The predicted molar refractivity (Wildman–Crippen MR) is 120 cm³/mol.